The molecular weight excluding hydrogens is 353 g/mol. The van der Waals surface area contributed by atoms with E-state index in [1.54, 1.807) is 0 Å². The lowest BCUT2D eigenvalue weighted by atomic mass is 10.2. The van der Waals surface area contributed by atoms with Crippen LogP contribution < -0.4 is 5.32 Å². The molecule has 2 aromatic carbocycles. The van der Waals surface area contributed by atoms with Crippen LogP contribution in [0.2, 0.25) is 0 Å². The van der Waals surface area contributed by atoms with E-state index in [-0.39, 0.29) is 5.56 Å². The number of ether oxygens (including phenoxy) is 1. The molecule has 0 aliphatic heterocycles. The van der Waals surface area contributed by atoms with Crippen molar-refractivity contribution < 1.29 is 18.7 Å². The summed E-state index contributed by atoms with van der Waals surface area (Å²) in [6, 6.07) is 12.6. The van der Waals surface area contributed by atoms with E-state index < -0.39 is 24.3 Å². The zero-order chi connectivity index (χ0) is 15.9. The van der Waals surface area contributed by atoms with E-state index in [0.29, 0.717) is 6.54 Å². The largest absolute Gasteiger partial charge is 0.452 e. The maximum atomic E-state index is 13.0. The molecule has 2 rings (SSSR count). The Labute approximate surface area is 135 Å². The van der Waals surface area contributed by atoms with E-state index in [1.807, 2.05) is 24.3 Å². The first-order valence-corrected chi connectivity index (χ1v) is 7.28. The molecule has 1 amide bonds. The highest BCUT2D eigenvalue weighted by Crippen LogP contribution is 2.11. The van der Waals surface area contributed by atoms with Crippen molar-refractivity contribution in [3.8, 4) is 0 Å². The van der Waals surface area contributed by atoms with Gasteiger partial charge >= 0.3 is 5.97 Å². The van der Waals surface area contributed by atoms with Gasteiger partial charge in [-0.15, -0.1) is 0 Å². The van der Waals surface area contributed by atoms with E-state index in [2.05, 4.69) is 21.2 Å². The van der Waals surface area contributed by atoms with Crippen LogP contribution in [0.1, 0.15) is 15.9 Å². The third kappa shape index (κ3) is 4.96. The second-order valence-corrected chi connectivity index (χ2v) is 5.41. The molecule has 0 atom stereocenters. The molecule has 114 valence electrons. The minimum atomic E-state index is -0.739. The molecule has 0 aliphatic rings. The van der Waals surface area contributed by atoms with Gasteiger partial charge in [-0.2, -0.15) is 0 Å². The molecule has 2 aromatic rings. The maximum absolute atomic E-state index is 13.0. The second kappa shape index (κ2) is 7.70. The third-order valence-corrected chi connectivity index (χ3v) is 3.27. The smallest absolute Gasteiger partial charge is 0.338 e. The van der Waals surface area contributed by atoms with Crippen molar-refractivity contribution in [1.82, 2.24) is 5.32 Å². The molecule has 1 N–H and O–H groups in total. The third-order valence-electron chi connectivity index (χ3n) is 2.77. The molecule has 0 saturated heterocycles. The number of carbonyl (C=O) groups excluding carboxylic acids is 2. The first-order chi connectivity index (χ1) is 10.5. The van der Waals surface area contributed by atoms with Crippen molar-refractivity contribution in [3.63, 3.8) is 0 Å². The number of esters is 1. The molecule has 0 bridgehead atoms. The Bertz CT molecular complexity index is 691. The number of rotatable bonds is 5. The zero-order valence-electron chi connectivity index (χ0n) is 11.5. The van der Waals surface area contributed by atoms with E-state index in [9.17, 15) is 14.0 Å². The Balaban J connectivity index is 1.79. The van der Waals surface area contributed by atoms with Crippen LogP contribution in [0.25, 0.3) is 0 Å². The molecule has 0 aromatic heterocycles. The molecule has 6 heteroatoms. The fourth-order valence-corrected chi connectivity index (χ4v) is 2.18. The van der Waals surface area contributed by atoms with Crippen LogP contribution in [0, 0.1) is 5.82 Å². The van der Waals surface area contributed by atoms with Gasteiger partial charge in [-0.05, 0) is 35.9 Å². The number of benzene rings is 2. The fourth-order valence-electron chi connectivity index (χ4n) is 1.73. The van der Waals surface area contributed by atoms with E-state index in [1.165, 1.54) is 18.2 Å². The predicted molar refractivity (Wildman–Crippen MR) is 82.7 cm³/mol. The molecule has 0 fully saturated rings. The highest BCUT2D eigenvalue weighted by molar-refractivity contribution is 9.10. The second-order valence-electron chi connectivity index (χ2n) is 4.49. The number of hydrogen-bond donors (Lipinski definition) is 1. The standard InChI is InChI=1S/C16H13BrFNO3/c17-13-5-1-3-11(7-13)9-19-15(20)10-22-16(21)12-4-2-6-14(18)8-12/h1-8H,9-10H2,(H,19,20). The van der Waals surface area contributed by atoms with Gasteiger partial charge < -0.3 is 10.1 Å². The Kier molecular flexibility index (Phi) is 5.66. The van der Waals surface area contributed by atoms with Gasteiger partial charge in [0, 0.05) is 11.0 Å². The lowest BCUT2D eigenvalue weighted by molar-refractivity contribution is -0.124. The minimum Gasteiger partial charge on any atom is -0.452 e. The Morgan fingerprint density at radius 2 is 1.91 bits per heavy atom. The summed E-state index contributed by atoms with van der Waals surface area (Å²) in [4.78, 5) is 23.3. The summed E-state index contributed by atoms with van der Waals surface area (Å²) < 4.78 is 18.7. The van der Waals surface area contributed by atoms with Crippen molar-refractivity contribution >= 4 is 27.8 Å². The summed E-state index contributed by atoms with van der Waals surface area (Å²) in [6.07, 6.45) is 0. The topological polar surface area (TPSA) is 55.4 Å². The van der Waals surface area contributed by atoms with Crippen molar-refractivity contribution in [2.75, 3.05) is 6.61 Å². The first-order valence-electron chi connectivity index (χ1n) is 6.48. The number of halogens is 2. The van der Waals surface area contributed by atoms with Gasteiger partial charge in [-0.25, -0.2) is 9.18 Å². The van der Waals surface area contributed by atoms with Gasteiger partial charge in [0.1, 0.15) is 5.82 Å². The molecule has 0 spiro atoms. The van der Waals surface area contributed by atoms with Crippen LogP contribution in [-0.4, -0.2) is 18.5 Å². The SMILES string of the molecule is O=C(COC(=O)c1cccc(F)c1)NCc1cccc(Br)c1. The number of nitrogens with one attached hydrogen (secondary N) is 1. The molecule has 0 saturated carbocycles. The molecule has 0 aliphatic carbocycles. The van der Waals surface area contributed by atoms with Crippen LogP contribution in [0.5, 0.6) is 0 Å². The summed E-state index contributed by atoms with van der Waals surface area (Å²) in [5, 5.41) is 2.63. The molecule has 4 nitrogen and oxygen atoms in total. The average molecular weight is 366 g/mol. The lowest BCUT2D eigenvalue weighted by Gasteiger charge is -2.07. The highest BCUT2D eigenvalue weighted by Gasteiger charge is 2.10. The summed E-state index contributed by atoms with van der Waals surface area (Å²) in [5.41, 5.74) is 0.985. The molecule has 0 unspecified atom stereocenters. The minimum absolute atomic E-state index is 0.0692. The van der Waals surface area contributed by atoms with Crippen LogP contribution in [-0.2, 0) is 16.1 Å². The zero-order valence-corrected chi connectivity index (χ0v) is 13.1. The lowest BCUT2D eigenvalue weighted by Crippen LogP contribution is -2.28. The number of carbonyl (C=O) groups is 2. The summed E-state index contributed by atoms with van der Waals surface area (Å²) in [7, 11) is 0. The normalized spacial score (nSPS) is 10.1. The Morgan fingerprint density at radius 3 is 2.64 bits per heavy atom. The Morgan fingerprint density at radius 1 is 1.14 bits per heavy atom. The molecule has 0 heterocycles. The highest BCUT2D eigenvalue weighted by atomic mass is 79.9. The van der Waals surface area contributed by atoms with Crippen molar-refractivity contribution in [2.45, 2.75) is 6.54 Å². The van der Waals surface area contributed by atoms with Crippen molar-refractivity contribution in [3.05, 3.63) is 69.9 Å². The summed E-state index contributed by atoms with van der Waals surface area (Å²) >= 11 is 3.34. The monoisotopic (exact) mass is 365 g/mol. The van der Waals surface area contributed by atoms with E-state index in [0.717, 1.165) is 16.1 Å². The van der Waals surface area contributed by atoms with Crippen LogP contribution >= 0.6 is 15.9 Å². The summed E-state index contributed by atoms with van der Waals surface area (Å²) in [6.45, 7) is -0.0842. The van der Waals surface area contributed by atoms with Gasteiger partial charge in [-0.3, -0.25) is 4.79 Å². The Hall–Kier alpha value is -2.21. The quantitative estimate of drug-likeness (QED) is 0.828. The summed E-state index contributed by atoms with van der Waals surface area (Å²) in [5.74, 6) is -1.70. The van der Waals surface area contributed by atoms with Gasteiger partial charge in [-0.1, -0.05) is 34.1 Å². The van der Waals surface area contributed by atoms with E-state index >= 15 is 0 Å². The van der Waals surface area contributed by atoms with Gasteiger partial charge in [0.05, 0.1) is 5.56 Å². The predicted octanol–water partition coefficient (Wildman–Crippen LogP) is 3.06. The molecular formula is C16H13BrFNO3. The van der Waals surface area contributed by atoms with Crippen molar-refractivity contribution in [1.29, 1.82) is 0 Å². The average Bonchev–Trinajstić information content (AvgIpc) is 2.50. The number of amides is 1. The maximum Gasteiger partial charge on any atom is 0.338 e. The van der Waals surface area contributed by atoms with Crippen LogP contribution in [0.15, 0.2) is 53.0 Å². The van der Waals surface area contributed by atoms with Gasteiger partial charge in [0.15, 0.2) is 6.61 Å². The molecule has 22 heavy (non-hydrogen) atoms. The van der Waals surface area contributed by atoms with Gasteiger partial charge in [0.25, 0.3) is 5.91 Å². The van der Waals surface area contributed by atoms with Crippen LogP contribution in [0.3, 0.4) is 0 Å². The van der Waals surface area contributed by atoms with E-state index in [4.69, 9.17) is 4.74 Å². The van der Waals surface area contributed by atoms with Crippen LogP contribution in [0.4, 0.5) is 4.39 Å². The van der Waals surface area contributed by atoms with Crippen molar-refractivity contribution in [2.24, 2.45) is 0 Å². The fraction of sp³-hybridized carbons (Fsp3) is 0.125. The number of hydrogen-bond acceptors (Lipinski definition) is 3. The first kappa shape index (κ1) is 16.2. The van der Waals surface area contributed by atoms with Gasteiger partial charge in [0.2, 0.25) is 0 Å². The molecule has 0 radical (unpaired) electrons.